The Morgan fingerprint density at radius 2 is 1.62 bits per heavy atom. The molecular formula is C20H22N2O2. The Morgan fingerprint density at radius 1 is 1.04 bits per heavy atom. The molecule has 6 rings (SSSR count). The monoisotopic (exact) mass is 322 g/mol. The van der Waals surface area contributed by atoms with Crippen LogP contribution in [0.5, 0.6) is 0 Å². The van der Waals surface area contributed by atoms with Crippen LogP contribution in [0.25, 0.3) is 5.69 Å². The molecule has 4 fully saturated rings. The van der Waals surface area contributed by atoms with Crippen LogP contribution in [0.4, 0.5) is 0 Å². The second-order valence-corrected chi connectivity index (χ2v) is 8.17. The van der Waals surface area contributed by atoms with E-state index in [4.69, 9.17) is 0 Å². The van der Waals surface area contributed by atoms with Crippen molar-refractivity contribution in [1.29, 1.82) is 0 Å². The van der Waals surface area contributed by atoms with Crippen LogP contribution in [0.1, 0.15) is 54.7 Å². The van der Waals surface area contributed by atoms with Gasteiger partial charge in [0, 0.05) is 5.41 Å². The smallest absolute Gasteiger partial charge is 0.356 e. The van der Waals surface area contributed by atoms with Crippen LogP contribution in [-0.4, -0.2) is 20.9 Å². The summed E-state index contributed by atoms with van der Waals surface area (Å²) in [6.45, 7) is 0. The summed E-state index contributed by atoms with van der Waals surface area (Å²) in [7, 11) is 0. The molecule has 4 heteroatoms. The molecule has 124 valence electrons. The van der Waals surface area contributed by atoms with E-state index in [0.29, 0.717) is 0 Å². The van der Waals surface area contributed by atoms with Crippen molar-refractivity contribution < 1.29 is 9.90 Å². The van der Waals surface area contributed by atoms with Crippen molar-refractivity contribution in [2.24, 2.45) is 17.8 Å². The van der Waals surface area contributed by atoms with E-state index in [1.165, 1.54) is 38.5 Å². The van der Waals surface area contributed by atoms with Gasteiger partial charge in [-0.1, -0.05) is 18.2 Å². The van der Waals surface area contributed by atoms with Crippen molar-refractivity contribution in [3.8, 4) is 5.69 Å². The number of rotatable bonds is 3. The number of nitrogens with zero attached hydrogens (tertiary/aromatic N) is 2. The van der Waals surface area contributed by atoms with Crippen molar-refractivity contribution in [3.63, 3.8) is 0 Å². The molecule has 1 N–H and O–H groups in total. The average molecular weight is 322 g/mol. The molecule has 4 nitrogen and oxygen atoms in total. The first-order chi connectivity index (χ1) is 11.6. The molecule has 4 aliphatic carbocycles. The summed E-state index contributed by atoms with van der Waals surface area (Å²) in [6, 6.07) is 11.8. The van der Waals surface area contributed by atoms with Gasteiger partial charge < -0.3 is 5.11 Å². The van der Waals surface area contributed by atoms with Crippen LogP contribution in [0.2, 0.25) is 0 Å². The first-order valence-electron chi connectivity index (χ1n) is 9.02. The maximum Gasteiger partial charge on any atom is 0.356 e. The molecule has 4 bridgehead atoms. The molecule has 0 atom stereocenters. The van der Waals surface area contributed by atoms with Crippen LogP contribution in [0.3, 0.4) is 0 Å². The highest BCUT2D eigenvalue weighted by Gasteiger charge is 2.53. The van der Waals surface area contributed by atoms with Crippen molar-refractivity contribution in [3.05, 3.63) is 47.8 Å². The zero-order valence-electron chi connectivity index (χ0n) is 13.7. The Kier molecular flexibility index (Phi) is 2.94. The molecule has 1 aromatic carbocycles. The number of benzene rings is 1. The van der Waals surface area contributed by atoms with Crippen molar-refractivity contribution in [2.45, 2.75) is 43.9 Å². The van der Waals surface area contributed by atoms with Gasteiger partial charge in [-0.15, -0.1) is 0 Å². The molecule has 0 amide bonds. The van der Waals surface area contributed by atoms with Crippen molar-refractivity contribution >= 4 is 5.97 Å². The second-order valence-electron chi connectivity index (χ2n) is 8.17. The summed E-state index contributed by atoms with van der Waals surface area (Å²) in [6.07, 6.45) is 7.75. The van der Waals surface area contributed by atoms with Gasteiger partial charge >= 0.3 is 5.97 Å². The van der Waals surface area contributed by atoms with Gasteiger partial charge in [0.15, 0.2) is 5.69 Å². The lowest BCUT2D eigenvalue weighted by molar-refractivity contribution is -0.00827. The zero-order chi connectivity index (χ0) is 16.3. The van der Waals surface area contributed by atoms with Gasteiger partial charge in [0.05, 0.1) is 11.4 Å². The number of carboxylic acid groups (broad SMARTS) is 1. The van der Waals surface area contributed by atoms with E-state index in [2.05, 4.69) is 5.10 Å². The fraction of sp³-hybridized carbons (Fsp3) is 0.500. The van der Waals surface area contributed by atoms with Gasteiger partial charge in [-0.2, -0.15) is 5.10 Å². The summed E-state index contributed by atoms with van der Waals surface area (Å²) in [5.74, 6) is 1.53. The molecule has 1 aromatic heterocycles. The lowest BCUT2D eigenvalue weighted by Crippen LogP contribution is -2.49. The molecule has 2 aromatic rings. The van der Waals surface area contributed by atoms with E-state index in [1.807, 2.05) is 41.1 Å². The van der Waals surface area contributed by atoms with E-state index in [9.17, 15) is 9.90 Å². The summed E-state index contributed by atoms with van der Waals surface area (Å²) >= 11 is 0. The van der Waals surface area contributed by atoms with Crippen LogP contribution in [0.15, 0.2) is 36.4 Å². The minimum Gasteiger partial charge on any atom is -0.476 e. The number of aromatic nitrogens is 2. The molecule has 0 saturated heterocycles. The predicted octanol–water partition coefficient (Wildman–Crippen LogP) is 4.04. The molecular weight excluding hydrogens is 300 g/mol. The van der Waals surface area contributed by atoms with Crippen molar-refractivity contribution in [1.82, 2.24) is 9.78 Å². The fourth-order valence-electron chi connectivity index (χ4n) is 6.05. The maximum absolute atomic E-state index is 11.5. The molecule has 4 saturated carbocycles. The standard InChI is InChI=1S/C20H22N2O2/c23-19(24)17-9-18(22(21-17)16-4-2-1-3-5-16)20-10-13-6-14(11-20)8-15(7-13)12-20/h1-5,9,13-15H,6-8,10-12H2,(H,23,24). The first kappa shape index (κ1) is 14.3. The lowest BCUT2D eigenvalue weighted by Gasteiger charge is -2.56. The molecule has 0 spiro atoms. The number of hydrogen-bond acceptors (Lipinski definition) is 2. The molecule has 0 radical (unpaired) electrons. The van der Waals surface area contributed by atoms with Gasteiger partial charge in [0.1, 0.15) is 0 Å². The summed E-state index contributed by atoms with van der Waals surface area (Å²) in [4.78, 5) is 11.5. The number of aromatic carboxylic acids is 1. The van der Waals surface area contributed by atoms with Crippen LogP contribution >= 0.6 is 0 Å². The number of carbonyl (C=O) groups is 1. The fourth-order valence-corrected chi connectivity index (χ4v) is 6.05. The van der Waals surface area contributed by atoms with Gasteiger partial charge in [-0.25, -0.2) is 9.48 Å². The highest BCUT2D eigenvalue weighted by molar-refractivity contribution is 5.85. The van der Waals surface area contributed by atoms with Gasteiger partial charge in [0.25, 0.3) is 0 Å². The Balaban J connectivity index is 1.66. The Bertz CT molecular complexity index is 758. The number of hydrogen-bond donors (Lipinski definition) is 1. The maximum atomic E-state index is 11.5. The van der Waals surface area contributed by atoms with E-state index >= 15 is 0 Å². The van der Waals surface area contributed by atoms with Gasteiger partial charge in [0.2, 0.25) is 0 Å². The van der Waals surface area contributed by atoms with Gasteiger partial charge in [-0.05, 0) is 74.5 Å². The zero-order valence-corrected chi connectivity index (χ0v) is 13.7. The van der Waals surface area contributed by atoms with Crippen molar-refractivity contribution in [2.75, 3.05) is 0 Å². The first-order valence-corrected chi connectivity index (χ1v) is 9.02. The largest absolute Gasteiger partial charge is 0.476 e. The van der Waals surface area contributed by atoms with E-state index < -0.39 is 5.97 Å². The minimum absolute atomic E-state index is 0.130. The molecule has 0 aliphatic heterocycles. The molecule has 24 heavy (non-hydrogen) atoms. The molecule has 1 heterocycles. The summed E-state index contributed by atoms with van der Waals surface area (Å²) in [5.41, 5.74) is 2.40. The number of para-hydroxylation sites is 1. The predicted molar refractivity (Wildman–Crippen MR) is 90.4 cm³/mol. The average Bonchev–Trinajstić information content (AvgIpc) is 3.01. The highest BCUT2D eigenvalue weighted by atomic mass is 16.4. The Morgan fingerprint density at radius 3 is 2.17 bits per heavy atom. The van der Waals surface area contributed by atoms with E-state index in [-0.39, 0.29) is 11.1 Å². The summed E-state index contributed by atoms with van der Waals surface area (Å²) in [5, 5.41) is 13.9. The third-order valence-electron chi connectivity index (χ3n) is 6.51. The topological polar surface area (TPSA) is 55.1 Å². The Labute approximate surface area is 141 Å². The quantitative estimate of drug-likeness (QED) is 0.928. The molecule has 0 unspecified atom stereocenters. The number of carboxylic acids is 1. The van der Waals surface area contributed by atoms with Crippen LogP contribution < -0.4 is 0 Å². The highest BCUT2D eigenvalue weighted by Crippen LogP contribution is 2.60. The van der Waals surface area contributed by atoms with Gasteiger partial charge in [-0.3, -0.25) is 0 Å². The lowest BCUT2D eigenvalue weighted by atomic mass is 9.49. The van der Waals surface area contributed by atoms with Crippen LogP contribution in [0, 0.1) is 17.8 Å². The Hall–Kier alpha value is -2.10. The SMILES string of the molecule is O=C(O)c1cc(C23CC4CC(CC(C4)C2)C3)n(-c2ccccc2)n1. The van der Waals surface area contributed by atoms with Crippen LogP contribution in [-0.2, 0) is 5.41 Å². The second kappa shape index (κ2) is 4.95. The molecule has 4 aliphatic rings. The minimum atomic E-state index is -0.935. The van der Waals surface area contributed by atoms with E-state index in [1.54, 1.807) is 0 Å². The van der Waals surface area contributed by atoms with E-state index in [0.717, 1.165) is 29.1 Å². The third kappa shape index (κ3) is 2.05. The third-order valence-corrected chi connectivity index (χ3v) is 6.51. The normalized spacial score (nSPS) is 33.8. The summed E-state index contributed by atoms with van der Waals surface area (Å²) < 4.78 is 1.91.